The van der Waals surface area contributed by atoms with Gasteiger partial charge < -0.3 is 4.74 Å². The van der Waals surface area contributed by atoms with Crippen molar-refractivity contribution in [3.05, 3.63) is 35.4 Å². The van der Waals surface area contributed by atoms with Crippen molar-refractivity contribution in [2.45, 2.75) is 38.7 Å². The molecule has 1 fully saturated rings. The fourth-order valence-electron chi connectivity index (χ4n) is 3.08. The minimum Gasteiger partial charge on any atom is -0.469 e. The van der Waals surface area contributed by atoms with Crippen molar-refractivity contribution in [3.63, 3.8) is 0 Å². The van der Waals surface area contributed by atoms with Crippen LogP contribution in [0.15, 0.2) is 24.3 Å². The Hall–Kier alpha value is -1.24. The Labute approximate surface area is 133 Å². The summed E-state index contributed by atoms with van der Waals surface area (Å²) in [6.45, 7) is 1.99. The number of hydrogen-bond donors (Lipinski definition) is 1. The topological polar surface area (TPSA) is 72.8 Å². The number of carbonyl (C=O) groups excluding carboxylic acids is 1. The Morgan fingerprint density at radius 3 is 2.32 bits per heavy atom. The van der Waals surface area contributed by atoms with Gasteiger partial charge in [-0.2, -0.15) is 4.21 Å². The molecular formula is C16H22O5S. The van der Waals surface area contributed by atoms with E-state index in [1.165, 1.54) is 7.11 Å². The molecule has 22 heavy (non-hydrogen) atoms. The van der Waals surface area contributed by atoms with Gasteiger partial charge in [0.2, 0.25) is 0 Å². The molecule has 1 aliphatic carbocycles. The Morgan fingerprint density at radius 2 is 1.82 bits per heavy atom. The molecule has 2 unspecified atom stereocenters. The lowest BCUT2D eigenvalue weighted by Gasteiger charge is -2.32. The second kappa shape index (κ2) is 7.85. The molecule has 0 spiro atoms. The van der Waals surface area contributed by atoms with Crippen LogP contribution in [0.1, 0.15) is 42.9 Å². The maximum absolute atomic E-state index is 11.6. The zero-order valence-corrected chi connectivity index (χ0v) is 13.7. The fraction of sp³-hybridized carbons (Fsp3) is 0.562. The molecular weight excluding hydrogens is 304 g/mol. The molecule has 6 heteroatoms. The van der Waals surface area contributed by atoms with Gasteiger partial charge in [-0.15, -0.1) is 0 Å². The van der Waals surface area contributed by atoms with Crippen LogP contribution in [-0.4, -0.2) is 21.8 Å². The average Bonchev–Trinajstić information content (AvgIpc) is 2.53. The summed E-state index contributed by atoms with van der Waals surface area (Å²) < 4.78 is 30.3. The number of methoxy groups -OCH3 is 1. The fourth-order valence-corrected chi connectivity index (χ4v) is 3.52. The minimum absolute atomic E-state index is 0.0699. The molecule has 1 saturated carbocycles. The molecule has 0 radical (unpaired) electrons. The van der Waals surface area contributed by atoms with Gasteiger partial charge in [0.05, 0.1) is 13.0 Å². The normalized spacial score (nSPS) is 24.5. The van der Waals surface area contributed by atoms with Crippen molar-refractivity contribution < 1.29 is 22.5 Å². The third-order valence-corrected chi connectivity index (χ3v) is 4.70. The quantitative estimate of drug-likeness (QED) is 0.664. The van der Waals surface area contributed by atoms with E-state index in [-0.39, 0.29) is 17.8 Å². The second-order valence-corrected chi connectivity index (χ2v) is 6.41. The van der Waals surface area contributed by atoms with Crippen LogP contribution in [-0.2, 0) is 25.1 Å². The summed E-state index contributed by atoms with van der Waals surface area (Å²) >= 11 is -2.31. The monoisotopic (exact) mass is 326 g/mol. The van der Waals surface area contributed by atoms with Crippen LogP contribution >= 0.6 is 0 Å². The molecule has 122 valence electrons. The smallest absolute Gasteiger partial charge is 0.308 e. The summed E-state index contributed by atoms with van der Waals surface area (Å²) in [6, 6.07) is 7.79. The van der Waals surface area contributed by atoms with Gasteiger partial charge in [0, 0.05) is 0 Å². The standard InChI is InChI=1S/C16H22O5S/c1-11-3-5-12(6-4-11)15(21-22(18)19)13-7-9-14(10-8-13)16(17)20-2/h3-6,13-15H,7-10H2,1-2H3,(H,18,19). The number of aryl methyl sites for hydroxylation is 1. The summed E-state index contributed by atoms with van der Waals surface area (Å²) in [6.07, 6.45) is 2.57. The van der Waals surface area contributed by atoms with E-state index in [0.717, 1.165) is 36.8 Å². The maximum Gasteiger partial charge on any atom is 0.308 e. The Bertz CT molecular complexity index is 520. The number of carbonyl (C=O) groups is 1. The lowest BCUT2D eigenvalue weighted by molar-refractivity contribution is -0.147. The van der Waals surface area contributed by atoms with Crippen LogP contribution in [0, 0.1) is 18.8 Å². The number of ether oxygens (including phenoxy) is 1. The molecule has 2 atom stereocenters. The maximum atomic E-state index is 11.6. The summed E-state index contributed by atoms with van der Waals surface area (Å²) in [5.41, 5.74) is 2.02. The van der Waals surface area contributed by atoms with E-state index in [1.807, 2.05) is 31.2 Å². The van der Waals surface area contributed by atoms with Crippen molar-refractivity contribution >= 4 is 17.3 Å². The number of rotatable bonds is 5. The molecule has 0 aromatic heterocycles. The van der Waals surface area contributed by atoms with Crippen molar-refractivity contribution in [3.8, 4) is 0 Å². The van der Waals surface area contributed by atoms with E-state index >= 15 is 0 Å². The predicted octanol–water partition coefficient (Wildman–Crippen LogP) is 3.17. The lowest BCUT2D eigenvalue weighted by atomic mass is 9.78. The summed E-state index contributed by atoms with van der Waals surface area (Å²) in [4.78, 5) is 11.6. The zero-order chi connectivity index (χ0) is 16.1. The van der Waals surface area contributed by atoms with E-state index < -0.39 is 17.5 Å². The van der Waals surface area contributed by atoms with Crippen LogP contribution in [0.4, 0.5) is 0 Å². The third kappa shape index (κ3) is 4.38. The average molecular weight is 326 g/mol. The first kappa shape index (κ1) is 17.1. The van der Waals surface area contributed by atoms with E-state index in [2.05, 4.69) is 0 Å². The van der Waals surface area contributed by atoms with Crippen molar-refractivity contribution in [1.29, 1.82) is 0 Å². The summed E-state index contributed by atoms with van der Waals surface area (Å²) in [7, 11) is 1.40. The molecule has 5 nitrogen and oxygen atoms in total. The first-order chi connectivity index (χ1) is 10.5. The Morgan fingerprint density at radius 1 is 1.23 bits per heavy atom. The van der Waals surface area contributed by atoms with Crippen molar-refractivity contribution in [1.82, 2.24) is 0 Å². The largest absolute Gasteiger partial charge is 0.469 e. The minimum atomic E-state index is -2.31. The van der Waals surface area contributed by atoms with Crippen molar-refractivity contribution in [2.24, 2.45) is 11.8 Å². The summed E-state index contributed by atoms with van der Waals surface area (Å²) in [5.74, 6) is -0.115. The van der Waals surface area contributed by atoms with Gasteiger partial charge in [0.15, 0.2) is 0 Å². The molecule has 1 N–H and O–H groups in total. The van der Waals surface area contributed by atoms with E-state index in [0.29, 0.717) is 0 Å². The highest BCUT2D eigenvalue weighted by Gasteiger charge is 2.33. The van der Waals surface area contributed by atoms with Gasteiger partial charge in [0.1, 0.15) is 6.10 Å². The number of benzene rings is 1. The van der Waals surface area contributed by atoms with Gasteiger partial charge in [-0.3, -0.25) is 13.5 Å². The highest BCUT2D eigenvalue weighted by molar-refractivity contribution is 7.74. The third-order valence-electron chi connectivity index (χ3n) is 4.33. The molecule has 0 bridgehead atoms. The van der Waals surface area contributed by atoms with Crippen LogP contribution in [0.2, 0.25) is 0 Å². The molecule has 0 heterocycles. The molecule has 1 aromatic carbocycles. The van der Waals surface area contributed by atoms with Crippen LogP contribution < -0.4 is 0 Å². The predicted molar refractivity (Wildman–Crippen MR) is 83.2 cm³/mol. The lowest BCUT2D eigenvalue weighted by Crippen LogP contribution is -2.27. The number of hydrogen-bond acceptors (Lipinski definition) is 4. The van der Waals surface area contributed by atoms with Gasteiger partial charge in [-0.1, -0.05) is 29.8 Å². The SMILES string of the molecule is COC(=O)C1CCC(C(OS(=O)O)c2ccc(C)cc2)CC1. The molecule has 0 saturated heterocycles. The van der Waals surface area contributed by atoms with Crippen molar-refractivity contribution in [2.75, 3.05) is 7.11 Å². The highest BCUT2D eigenvalue weighted by atomic mass is 32.2. The van der Waals surface area contributed by atoms with Gasteiger partial charge in [-0.05, 0) is 44.1 Å². The highest BCUT2D eigenvalue weighted by Crippen LogP contribution is 2.39. The number of esters is 1. The van der Waals surface area contributed by atoms with Crippen LogP contribution in [0.25, 0.3) is 0 Å². The molecule has 2 rings (SSSR count). The summed E-state index contributed by atoms with van der Waals surface area (Å²) in [5, 5.41) is 0. The molecule has 0 aliphatic heterocycles. The zero-order valence-electron chi connectivity index (χ0n) is 12.9. The van der Waals surface area contributed by atoms with Gasteiger partial charge in [-0.25, -0.2) is 0 Å². The molecule has 0 amide bonds. The first-order valence-corrected chi connectivity index (χ1v) is 8.46. The molecule has 1 aromatic rings. The van der Waals surface area contributed by atoms with Gasteiger partial charge in [0.25, 0.3) is 0 Å². The van der Waals surface area contributed by atoms with Crippen LogP contribution in [0.3, 0.4) is 0 Å². The van der Waals surface area contributed by atoms with Gasteiger partial charge >= 0.3 is 17.3 Å². The van der Waals surface area contributed by atoms with E-state index in [9.17, 15) is 9.00 Å². The first-order valence-electron chi connectivity index (χ1n) is 7.43. The Kier molecular flexibility index (Phi) is 6.11. The van der Waals surface area contributed by atoms with E-state index in [1.54, 1.807) is 0 Å². The Balaban J connectivity index is 2.09. The van der Waals surface area contributed by atoms with E-state index in [4.69, 9.17) is 13.5 Å². The van der Waals surface area contributed by atoms with Crippen LogP contribution in [0.5, 0.6) is 0 Å². The second-order valence-electron chi connectivity index (χ2n) is 5.78. The molecule has 1 aliphatic rings.